The number of aromatic nitrogens is 1. The van der Waals surface area contributed by atoms with Crippen molar-refractivity contribution in [1.29, 1.82) is 0 Å². The Bertz CT molecular complexity index is 1050. The second-order valence-electron chi connectivity index (χ2n) is 7.34. The van der Waals surface area contributed by atoms with Crippen molar-refractivity contribution >= 4 is 51.9 Å². The van der Waals surface area contributed by atoms with Crippen LogP contribution in [-0.4, -0.2) is 29.6 Å². The Hall–Kier alpha value is -1.79. The fourth-order valence-electron chi connectivity index (χ4n) is 3.37. The number of ether oxygens (including phenoxy) is 1. The third-order valence-corrected chi connectivity index (χ3v) is 6.09. The van der Waals surface area contributed by atoms with Crippen molar-refractivity contribution in [3.8, 4) is 11.5 Å². The van der Waals surface area contributed by atoms with Crippen molar-refractivity contribution in [1.82, 2.24) is 10.3 Å². The first-order valence-corrected chi connectivity index (χ1v) is 10.6. The van der Waals surface area contributed by atoms with Crippen molar-refractivity contribution < 1.29 is 13.9 Å². The lowest BCUT2D eigenvalue weighted by molar-refractivity contribution is -0.0234. The molecular formula is C21H19Cl3N2O3. The van der Waals surface area contributed by atoms with Crippen LogP contribution in [0.1, 0.15) is 35.7 Å². The van der Waals surface area contributed by atoms with Crippen molar-refractivity contribution in [3.05, 3.63) is 51.5 Å². The molecule has 29 heavy (non-hydrogen) atoms. The van der Waals surface area contributed by atoms with Crippen molar-refractivity contribution in [2.24, 2.45) is 0 Å². The number of carbonyl (C=O) groups excluding carboxylic acids is 1. The van der Waals surface area contributed by atoms with E-state index in [0.29, 0.717) is 43.7 Å². The van der Waals surface area contributed by atoms with E-state index in [0.717, 1.165) is 25.9 Å². The van der Waals surface area contributed by atoms with Crippen molar-refractivity contribution in [2.45, 2.75) is 31.2 Å². The topological polar surface area (TPSA) is 64.4 Å². The van der Waals surface area contributed by atoms with Crippen LogP contribution in [-0.2, 0) is 10.6 Å². The van der Waals surface area contributed by atoms with Crippen LogP contribution in [0, 0.1) is 0 Å². The summed E-state index contributed by atoms with van der Waals surface area (Å²) in [5, 5.41) is 4.17. The number of carbonyl (C=O) groups is 1. The standard InChI is InChI=1S/C21H19Cl3N2O3/c1-21(4-6-25-7-5-21)29-20(27)12-2-3-17-18(10-12)28-19(26-17)13-8-15(23)14(11-22)16(24)9-13/h2-3,8-10,25H,4-7,11H2,1H3. The molecule has 0 aliphatic carbocycles. The van der Waals surface area contributed by atoms with Gasteiger partial charge >= 0.3 is 5.97 Å². The predicted molar refractivity (Wildman–Crippen MR) is 115 cm³/mol. The molecular weight excluding hydrogens is 435 g/mol. The minimum Gasteiger partial charge on any atom is -0.456 e. The zero-order chi connectivity index (χ0) is 20.6. The molecule has 1 N–H and O–H groups in total. The van der Waals surface area contributed by atoms with Crippen LogP contribution in [0.2, 0.25) is 10.0 Å². The predicted octanol–water partition coefficient (Wildman–Crippen LogP) is 5.84. The van der Waals surface area contributed by atoms with Crippen LogP contribution in [0.25, 0.3) is 22.6 Å². The number of hydrogen-bond donors (Lipinski definition) is 1. The summed E-state index contributed by atoms with van der Waals surface area (Å²) in [4.78, 5) is 17.1. The van der Waals surface area contributed by atoms with Gasteiger partial charge in [-0.15, -0.1) is 11.6 Å². The number of nitrogens with one attached hydrogen (secondary N) is 1. The summed E-state index contributed by atoms with van der Waals surface area (Å²) in [5.74, 6) is 0.207. The first kappa shape index (κ1) is 20.5. The number of rotatable bonds is 4. The monoisotopic (exact) mass is 452 g/mol. The first-order chi connectivity index (χ1) is 13.9. The van der Waals surface area contributed by atoms with E-state index in [-0.39, 0.29) is 11.8 Å². The lowest BCUT2D eigenvalue weighted by Crippen LogP contribution is -2.42. The average molecular weight is 454 g/mol. The summed E-state index contributed by atoms with van der Waals surface area (Å²) in [6, 6.07) is 8.50. The molecule has 0 atom stereocenters. The molecule has 0 unspecified atom stereocenters. The molecule has 1 aromatic heterocycles. The second-order valence-corrected chi connectivity index (χ2v) is 8.42. The maximum absolute atomic E-state index is 12.6. The minimum absolute atomic E-state index is 0.214. The van der Waals surface area contributed by atoms with Gasteiger partial charge in [-0.1, -0.05) is 23.2 Å². The van der Waals surface area contributed by atoms with Crippen LogP contribution >= 0.6 is 34.8 Å². The third kappa shape index (κ3) is 4.24. The second kappa shape index (κ2) is 8.15. The largest absolute Gasteiger partial charge is 0.456 e. The average Bonchev–Trinajstić information content (AvgIpc) is 3.11. The van der Waals surface area contributed by atoms with Gasteiger partial charge < -0.3 is 14.5 Å². The van der Waals surface area contributed by atoms with Crippen LogP contribution in [0.4, 0.5) is 0 Å². The molecule has 1 aliphatic rings. The van der Waals surface area contributed by atoms with Crippen LogP contribution in [0.3, 0.4) is 0 Å². The zero-order valence-electron chi connectivity index (χ0n) is 15.7. The molecule has 4 rings (SSSR count). The summed E-state index contributed by atoms with van der Waals surface area (Å²) < 4.78 is 11.6. The van der Waals surface area contributed by atoms with Crippen molar-refractivity contribution in [2.75, 3.05) is 13.1 Å². The first-order valence-electron chi connectivity index (χ1n) is 9.27. The quantitative estimate of drug-likeness (QED) is 0.397. The molecule has 0 saturated carbocycles. The van der Waals surface area contributed by atoms with Gasteiger partial charge in [0.05, 0.1) is 11.4 Å². The lowest BCUT2D eigenvalue weighted by Gasteiger charge is -2.33. The van der Waals surface area contributed by atoms with Gasteiger partial charge in [-0.2, -0.15) is 0 Å². The molecule has 152 valence electrons. The van der Waals surface area contributed by atoms with Crippen LogP contribution < -0.4 is 5.32 Å². The van der Waals surface area contributed by atoms with Crippen molar-refractivity contribution in [3.63, 3.8) is 0 Å². The van der Waals surface area contributed by atoms with Gasteiger partial charge in [0.15, 0.2) is 5.58 Å². The Labute approximate surface area is 183 Å². The van der Waals surface area contributed by atoms with E-state index in [1.165, 1.54) is 0 Å². The van der Waals surface area contributed by atoms with Crippen LogP contribution in [0.5, 0.6) is 0 Å². The number of halogens is 3. The van der Waals surface area contributed by atoms with Gasteiger partial charge in [-0.25, -0.2) is 9.78 Å². The van der Waals surface area contributed by atoms with E-state index >= 15 is 0 Å². The maximum Gasteiger partial charge on any atom is 0.338 e. The molecule has 8 heteroatoms. The molecule has 1 fully saturated rings. The van der Waals surface area contributed by atoms with E-state index in [2.05, 4.69) is 10.3 Å². The molecule has 2 heterocycles. The van der Waals surface area contributed by atoms with E-state index in [1.807, 2.05) is 6.92 Å². The molecule has 0 radical (unpaired) electrons. The number of alkyl halides is 1. The molecule has 2 aromatic carbocycles. The number of esters is 1. The van der Waals surface area contributed by atoms with Gasteiger partial charge in [0.1, 0.15) is 11.1 Å². The number of benzene rings is 2. The van der Waals surface area contributed by atoms with Gasteiger partial charge in [0, 0.05) is 21.2 Å². The number of oxazole rings is 1. The normalized spacial score (nSPS) is 16.1. The highest BCUT2D eigenvalue weighted by Crippen LogP contribution is 2.34. The molecule has 3 aromatic rings. The molecule has 0 amide bonds. The summed E-state index contributed by atoms with van der Waals surface area (Å²) in [5.41, 5.74) is 2.37. The molecule has 1 saturated heterocycles. The number of fused-ring (bicyclic) bond motifs is 1. The fraction of sp³-hybridized carbons (Fsp3) is 0.333. The summed E-state index contributed by atoms with van der Waals surface area (Å²) in [7, 11) is 0. The van der Waals surface area contributed by atoms with E-state index in [9.17, 15) is 4.79 Å². The molecule has 5 nitrogen and oxygen atoms in total. The summed E-state index contributed by atoms with van der Waals surface area (Å²) >= 11 is 18.4. The van der Waals surface area contributed by atoms with E-state index in [1.54, 1.807) is 30.3 Å². The van der Waals surface area contributed by atoms with E-state index in [4.69, 9.17) is 44.0 Å². The highest BCUT2D eigenvalue weighted by Gasteiger charge is 2.31. The zero-order valence-corrected chi connectivity index (χ0v) is 18.0. The summed E-state index contributed by atoms with van der Waals surface area (Å²) in [6.07, 6.45) is 1.57. The Morgan fingerprint density at radius 1 is 1.21 bits per heavy atom. The molecule has 1 aliphatic heterocycles. The van der Waals surface area contributed by atoms with Gasteiger partial charge in [-0.05, 0) is 63.2 Å². The highest BCUT2D eigenvalue weighted by molar-refractivity contribution is 6.37. The molecule has 0 bridgehead atoms. The Kier molecular flexibility index (Phi) is 5.76. The number of nitrogens with zero attached hydrogens (tertiary/aromatic N) is 1. The minimum atomic E-state index is -0.457. The fourth-order valence-corrected chi connectivity index (χ4v) is 4.42. The number of hydrogen-bond acceptors (Lipinski definition) is 5. The molecule has 0 spiro atoms. The maximum atomic E-state index is 12.6. The van der Waals surface area contributed by atoms with Gasteiger partial charge in [0.2, 0.25) is 5.89 Å². The smallest absolute Gasteiger partial charge is 0.338 e. The van der Waals surface area contributed by atoms with Gasteiger partial charge in [-0.3, -0.25) is 0 Å². The number of piperidine rings is 1. The van der Waals surface area contributed by atoms with Crippen LogP contribution in [0.15, 0.2) is 34.7 Å². The summed E-state index contributed by atoms with van der Waals surface area (Å²) in [6.45, 7) is 3.64. The Balaban J connectivity index is 1.62. The third-order valence-electron chi connectivity index (χ3n) is 5.15. The SMILES string of the molecule is CC1(OC(=O)c2ccc3nc(-c4cc(Cl)c(CCl)c(Cl)c4)oc3c2)CCNCC1. The Morgan fingerprint density at radius 3 is 2.55 bits per heavy atom. The Morgan fingerprint density at radius 2 is 1.90 bits per heavy atom. The van der Waals surface area contributed by atoms with E-state index < -0.39 is 5.60 Å². The van der Waals surface area contributed by atoms with Gasteiger partial charge in [0.25, 0.3) is 0 Å². The lowest BCUT2D eigenvalue weighted by atomic mass is 9.94. The highest BCUT2D eigenvalue weighted by atomic mass is 35.5.